The molecule has 0 radical (unpaired) electrons. The lowest BCUT2D eigenvalue weighted by Gasteiger charge is -1.93. The van der Waals surface area contributed by atoms with Crippen molar-refractivity contribution in [1.29, 1.82) is 0 Å². The molecule has 0 unspecified atom stereocenters. The van der Waals surface area contributed by atoms with Gasteiger partial charge in [-0.25, -0.2) is 4.79 Å². The Kier molecular flexibility index (Phi) is 2.56. The topological polar surface area (TPSA) is 91.7 Å². The highest BCUT2D eigenvalue weighted by Crippen LogP contribution is 2.02. The van der Waals surface area contributed by atoms with Crippen molar-refractivity contribution in [2.24, 2.45) is 0 Å². The molecule has 58 valence electrons. The van der Waals surface area contributed by atoms with Gasteiger partial charge in [-0.15, -0.1) is 0 Å². The number of carboxylic acids is 1. The van der Waals surface area contributed by atoms with Gasteiger partial charge in [0.05, 0.1) is 0 Å². The van der Waals surface area contributed by atoms with Crippen LogP contribution in [0.1, 0.15) is 6.92 Å². The summed E-state index contributed by atoms with van der Waals surface area (Å²) >= 11 is 0. The van der Waals surface area contributed by atoms with Crippen LogP contribution in [-0.4, -0.2) is 24.0 Å². The lowest BCUT2D eigenvalue weighted by Crippen LogP contribution is -2.11. The first kappa shape index (κ1) is 9.12. The quantitative estimate of drug-likeness (QED) is 0.440. The van der Waals surface area contributed by atoms with Crippen LogP contribution in [0.2, 0.25) is 0 Å². The molecule has 10 heavy (non-hydrogen) atoms. The van der Waals surface area contributed by atoms with Crippen LogP contribution in [0.15, 0.2) is 11.0 Å². The predicted molar refractivity (Wildman–Crippen MR) is 32.9 cm³/mol. The summed E-state index contributed by atoms with van der Waals surface area (Å²) in [5.74, 6) is -1.66. The minimum absolute atomic E-state index is 0.803. The van der Waals surface area contributed by atoms with Gasteiger partial charge in [0.25, 0.3) is 0 Å². The largest absolute Gasteiger partial charge is 0.477 e. The Balaban J connectivity index is 4.95. The number of rotatable bonds is 2. The molecule has 0 fully saturated rings. The van der Waals surface area contributed by atoms with E-state index in [4.69, 9.17) is 9.66 Å². The van der Waals surface area contributed by atoms with E-state index in [1.165, 1.54) is 6.92 Å². The van der Waals surface area contributed by atoms with Gasteiger partial charge in [-0.1, -0.05) is 6.08 Å². The maximum absolute atomic E-state index is 10.1. The van der Waals surface area contributed by atoms with Gasteiger partial charge in [0.2, 0.25) is 0 Å². The van der Waals surface area contributed by atoms with Crippen LogP contribution < -0.4 is 0 Å². The van der Waals surface area contributed by atoms with Gasteiger partial charge in [0, 0.05) is 0 Å². The molecule has 0 rings (SSSR count). The molecular formula is C4H6O5S. The van der Waals surface area contributed by atoms with Crippen molar-refractivity contribution in [3.05, 3.63) is 11.0 Å². The van der Waals surface area contributed by atoms with Gasteiger partial charge in [0.1, 0.15) is 0 Å². The van der Waals surface area contributed by atoms with Gasteiger partial charge in [-0.05, 0) is 6.92 Å². The lowest BCUT2D eigenvalue weighted by atomic mass is 10.5. The monoisotopic (exact) mass is 166 g/mol. The third-order valence-corrected chi connectivity index (χ3v) is 1.72. The van der Waals surface area contributed by atoms with Crippen LogP contribution in [0.3, 0.4) is 0 Å². The Morgan fingerprint density at radius 1 is 1.50 bits per heavy atom. The highest BCUT2D eigenvalue weighted by atomic mass is 32.2. The van der Waals surface area contributed by atoms with E-state index in [0.29, 0.717) is 0 Å². The molecule has 0 aliphatic rings. The zero-order chi connectivity index (χ0) is 8.36. The van der Waals surface area contributed by atoms with Gasteiger partial charge >= 0.3 is 16.1 Å². The van der Waals surface area contributed by atoms with Crippen molar-refractivity contribution in [2.45, 2.75) is 6.92 Å². The van der Waals surface area contributed by atoms with Crippen molar-refractivity contribution in [1.82, 2.24) is 0 Å². The van der Waals surface area contributed by atoms with E-state index >= 15 is 0 Å². The van der Waals surface area contributed by atoms with E-state index in [-0.39, 0.29) is 0 Å². The Morgan fingerprint density at radius 2 is 1.90 bits per heavy atom. The Bertz CT molecular complexity index is 259. The van der Waals surface area contributed by atoms with Crippen molar-refractivity contribution in [3.63, 3.8) is 0 Å². The average Bonchev–Trinajstić information content (AvgIpc) is 1.60. The Morgan fingerprint density at radius 3 is 1.90 bits per heavy atom. The van der Waals surface area contributed by atoms with Gasteiger partial charge in [-0.3, -0.25) is 4.55 Å². The maximum atomic E-state index is 10.1. The maximum Gasteiger partial charge on any atom is 0.349 e. The molecule has 0 aromatic rings. The van der Waals surface area contributed by atoms with Gasteiger partial charge in [0.15, 0.2) is 4.91 Å². The molecule has 0 aliphatic carbocycles. The highest BCUT2D eigenvalue weighted by Gasteiger charge is 2.19. The molecule has 0 aromatic heterocycles. The van der Waals surface area contributed by atoms with Crippen LogP contribution in [-0.2, 0) is 14.9 Å². The first-order valence-corrected chi connectivity index (χ1v) is 3.70. The zero-order valence-corrected chi connectivity index (χ0v) is 5.92. The fourth-order valence-corrected chi connectivity index (χ4v) is 0.901. The van der Waals surface area contributed by atoms with E-state index in [9.17, 15) is 13.2 Å². The molecule has 0 amide bonds. The molecule has 2 N–H and O–H groups in total. The smallest absolute Gasteiger partial charge is 0.349 e. The second-order valence-electron chi connectivity index (χ2n) is 1.43. The molecule has 0 saturated carbocycles. The Labute approximate surface area is 57.7 Å². The predicted octanol–water partition coefficient (Wildman–Crippen LogP) is -0.137. The van der Waals surface area contributed by atoms with Crippen LogP contribution >= 0.6 is 0 Å². The minimum Gasteiger partial charge on any atom is -0.477 e. The van der Waals surface area contributed by atoms with E-state index in [2.05, 4.69) is 0 Å². The molecule has 0 spiro atoms. The second kappa shape index (κ2) is 2.80. The number of carboxylic acid groups (broad SMARTS) is 1. The molecule has 5 nitrogen and oxygen atoms in total. The van der Waals surface area contributed by atoms with E-state index in [1.54, 1.807) is 0 Å². The molecular weight excluding hydrogens is 160 g/mol. The summed E-state index contributed by atoms with van der Waals surface area (Å²) in [5.41, 5.74) is 0. The molecule has 0 saturated heterocycles. The first-order chi connectivity index (χ1) is 4.39. The van der Waals surface area contributed by atoms with E-state index < -0.39 is 21.0 Å². The second-order valence-corrected chi connectivity index (χ2v) is 2.82. The third kappa shape index (κ3) is 2.16. The number of hydrogen-bond acceptors (Lipinski definition) is 3. The SMILES string of the molecule is CC=C(C(=O)O)S(=O)(=O)O. The van der Waals surface area contributed by atoms with Crippen molar-refractivity contribution in [2.75, 3.05) is 0 Å². The summed E-state index contributed by atoms with van der Waals surface area (Å²) in [6.45, 7) is 1.21. The summed E-state index contributed by atoms with van der Waals surface area (Å²) in [4.78, 5) is 8.96. The normalized spacial score (nSPS) is 13.2. The van der Waals surface area contributed by atoms with Crippen molar-refractivity contribution in [3.8, 4) is 0 Å². The average molecular weight is 166 g/mol. The minimum atomic E-state index is -4.55. The molecule has 6 heteroatoms. The molecule has 0 atom stereocenters. The van der Waals surface area contributed by atoms with Crippen molar-refractivity contribution >= 4 is 16.1 Å². The van der Waals surface area contributed by atoms with Crippen LogP contribution in [0.25, 0.3) is 0 Å². The van der Waals surface area contributed by atoms with E-state index in [1.807, 2.05) is 0 Å². The number of allylic oxidation sites excluding steroid dienone is 1. The summed E-state index contributed by atoms with van der Waals surface area (Å²) in [5, 5.41) is 8.10. The molecule has 0 bridgehead atoms. The zero-order valence-electron chi connectivity index (χ0n) is 5.10. The van der Waals surface area contributed by atoms with E-state index in [0.717, 1.165) is 6.08 Å². The Hall–Kier alpha value is -0.880. The number of aliphatic carboxylic acids is 1. The fourth-order valence-electron chi connectivity index (χ4n) is 0.383. The first-order valence-electron chi connectivity index (χ1n) is 2.26. The lowest BCUT2D eigenvalue weighted by molar-refractivity contribution is -0.131. The van der Waals surface area contributed by atoms with Crippen molar-refractivity contribution < 1.29 is 22.9 Å². The number of hydrogen-bond donors (Lipinski definition) is 2. The highest BCUT2D eigenvalue weighted by molar-refractivity contribution is 7.90. The standard InChI is InChI=1S/C4H6O5S/c1-2-3(4(5)6)10(7,8)9/h2H,1H3,(H,5,6)(H,7,8,9). The van der Waals surface area contributed by atoms with Crippen LogP contribution in [0.4, 0.5) is 0 Å². The number of carbonyl (C=O) groups is 1. The van der Waals surface area contributed by atoms with Gasteiger partial charge < -0.3 is 5.11 Å². The van der Waals surface area contributed by atoms with Gasteiger partial charge in [-0.2, -0.15) is 8.42 Å². The molecule has 0 aliphatic heterocycles. The summed E-state index contributed by atoms with van der Waals surface area (Å²) < 4.78 is 28.4. The summed E-state index contributed by atoms with van der Waals surface area (Å²) in [6, 6.07) is 0. The van der Waals surface area contributed by atoms with Crippen LogP contribution in [0, 0.1) is 0 Å². The molecule has 0 aromatic carbocycles. The summed E-state index contributed by atoms with van der Waals surface area (Å²) in [7, 11) is -4.55. The fraction of sp³-hybridized carbons (Fsp3) is 0.250. The third-order valence-electron chi connectivity index (χ3n) is 0.751. The summed E-state index contributed by atoms with van der Waals surface area (Å²) in [6.07, 6.45) is 0.803. The molecule has 0 heterocycles. The van der Waals surface area contributed by atoms with Crippen LogP contribution in [0.5, 0.6) is 0 Å².